The van der Waals surface area contributed by atoms with E-state index >= 15 is 0 Å². The lowest BCUT2D eigenvalue weighted by atomic mass is 9.92. The standard InChI is InChI=1S/C46H28N4O2/c1-2-10-28-23-30(20-19-27(28)9-1)44-48-45(50-46(49-44)35-15-8-18-41-43(35)34-13-5-6-16-38(34)51-41)31-24-29-11-3-4-12-32(29)36(25-31)33-14-7-17-40-42(33)37-26-47-22-21-39(37)52-40/h1-26,45H,(H,48,49,50). The second-order valence-electron chi connectivity index (χ2n) is 13.2. The van der Waals surface area contributed by atoms with E-state index in [2.05, 4.69) is 113 Å². The maximum atomic E-state index is 6.30. The topological polar surface area (TPSA) is 75.9 Å². The summed E-state index contributed by atoms with van der Waals surface area (Å²) in [4.78, 5) is 15.2. The van der Waals surface area contributed by atoms with E-state index in [0.717, 1.165) is 99.5 Å². The predicted molar refractivity (Wildman–Crippen MR) is 211 cm³/mol. The van der Waals surface area contributed by atoms with Crippen LogP contribution in [0.3, 0.4) is 0 Å². The predicted octanol–water partition coefficient (Wildman–Crippen LogP) is 11.3. The average molecular weight is 669 g/mol. The number of nitrogens with one attached hydrogen (secondary N) is 1. The SMILES string of the molecule is c1ccc2cc(C3=NC(c4cc(-c5cccc6oc7ccncc7c56)c5ccccc5c4)N=C(c4cccc5oc6ccccc6c45)N3)ccc2c1. The van der Waals surface area contributed by atoms with Gasteiger partial charge in [-0.05, 0) is 80.7 Å². The highest BCUT2D eigenvalue weighted by Gasteiger charge is 2.25. The van der Waals surface area contributed by atoms with Gasteiger partial charge in [-0.3, -0.25) is 4.98 Å². The van der Waals surface area contributed by atoms with E-state index in [4.69, 9.17) is 18.8 Å². The van der Waals surface area contributed by atoms with Gasteiger partial charge >= 0.3 is 0 Å². The monoisotopic (exact) mass is 668 g/mol. The Kier molecular flexibility index (Phi) is 6.21. The minimum atomic E-state index is -0.531. The van der Waals surface area contributed by atoms with Gasteiger partial charge in [-0.25, -0.2) is 9.98 Å². The minimum Gasteiger partial charge on any atom is -0.456 e. The van der Waals surface area contributed by atoms with E-state index in [1.807, 2.05) is 48.7 Å². The van der Waals surface area contributed by atoms with Crippen LogP contribution in [0.1, 0.15) is 22.9 Å². The van der Waals surface area contributed by atoms with Crippen LogP contribution in [-0.4, -0.2) is 16.7 Å². The van der Waals surface area contributed by atoms with Crippen molar-refractivity contribution in [1.82, 2.24) is 10.3 Å². The van der Waals surface area contributed by atoms with Crippen LogP contribution in [0, 0.1) is 0 Å². The zero-order chi connectivity index (χ0) is 34.2. The largest absolute Gasteiger partial charge is 0.456 e. The van der Waals surface area contributed by atoms with Gasteiger partial charge in [0.2, 0.25) is 0 Å². The molecule has 1 aliphatic rings. The summed E-state index contributed by atoms with van der Waals surface area (Å²) in [5.74, 6) is 1.50. The molecule has 0 amide bonds. The number of benzene rings is 7. The van der Waals surface area contributed by atoms with Crippen LogP contribution < -0.4 is 5.32 Å². The number of hydrogen-bond acceptors (Lipinski definition) is 6. The maximum Gasteiger partial charge on any atom is 0.169 e. The highest BCUT2D eigenvalue weighted by atomic mass is 16.3. The molecule has 52 heavy (non-hydrogen) atoms. The van der Waals surface area contributed by atoms with E-state index in [-0.39, 0.29) is 0 Å². The smallest absolute Gasteiger partial charge is 0.169 e. The molecule has 10 aromatic rings. The Bertz CT molecular complexity index is 3130. The molecule has 7 aromatic carbocycles. The number of rotatable bonds is 4. The molecule has 244 valence electrons. The van der Waals surface area contributed by atoms with E-state index < -0.39 is 6.17 Å². The molecule has 1 aliphatic heterocycles. The lowest BCUT2D eigenvalue weighted by molar-refractivity contribution is 0.668. The summed E-state index contributed by atoms with van der Waals surface area (Å²) in [7, 11) is 0. The summed E-state index contributed by atoms with van der Waals surface area (Å²) in [6, 6.07) is 50.4. The van der Waals surface area contributed by atoms with Crippen molar-refractivity contribution >= 4 is 77.1 Å². The highest BCUT2D eigenvalue weighted by molar-refractivity contribution is 6.24. The fraction of sp³-hybridized carbons (Fsp3) is 0.0217. The Morgan fingerprint density at radius 2 is 1.13 bits per heavy atom. The number of fused-ring (bicyclic) bond motifs is 8. The Morgan fingerprint density at radius 1 is 0.462 bits per heavy atom. The van der Waals surface area contributed by atoms with Crippen LogP contribution in [0.2, 0.25) is 0 Å². The third-order valence-corrected chi connectivity index (χ3v) is 10.2. The quantitative estimate of drug-likeness (QED) is 0.202. The van der Waals surface area contributed by atoms with E-state index in [0.29, 0.717) is 0 Å². The fourth-order valence-electron chi connectivity index (χ4n) is 7.79. The Balaban J connectivity index is 1.16. The molecular formula is C46H28N4O2. The van der Waals surface area contributed by atoms with E-state index in [9.17, 15) is 0 Å². The van der Waals surface area contributed by atoms with Crippen molar-refractivity contribution in [2.24, 2.45) is 9.98 Å². The first-order chi connectivity index (χ1) is 25.7. The maximum absolute atomic E-state index is 6.30. The number of aliphatic imine (C=N–C) groups is 2. The molecule has 11 rings (SSSR count). The summed E-state index contributed by atoms with van der Waals surface area (Å²) in [5, 5.41) is 12.3. The number of para-hydroxylation sites is 1. The number of furan rings is 2. The molecule has 1 unspecified atom stereocenters. The van der Waals surface area contributed by atoms with Crippen LogP contribution in [0.25, 0.3) is 76.5 Å². The van der Waals surface area contributed by atoms with Crippen molar-refractivity contribution in [3.05, 3.63) is 175 Å². The molecule has 0 aliphatic carbocycles. The summed E-state index contributed by atoms with van der Waals surface area (Å²) >= 11 is 0. The zero-order valence-corrected chi connectivity index (χ0v) is 27.7. The third kappa shape index (κ3) is 4.48. The first kappa shape index (κ1) is 28.8. The van der Waals surface area contributed by atoms with Gasteiger partial charge in [0.25, 0.3) is 0 Å². The molecule has 0 bridgehead atoms. The molecule has 0 fully saturated rings. The Labute approximate surface area is 297 Å². The lowest BCUT2D eigenvalue weighted by Crippen LogP contribution is -2.36. The molecule has 4 heterocycles. The van der Waals surface area contributed by atoms with Gasteiger partial charge in [-0.1, -0.05) is 103 Å². The second kappa shape index (κ2) is 11.2. The Hall–Kier alpha value is -7.05. The van der Waals surface area contributed by atoms with Crippen LogP contribution in [0.4, 0.5) is 0 Å². The van der Waals surface area contributed by atoms with E-state index in [1.54, 1.807) is 6.20 Å². The van der Waals surface area contributed by atoms with Crippen LogP contribution in [0.15, 0.2) is 177 Å². The van der Waals surface area contributed by atoms with Crippen molar-refractivity contribution < 1.29 is 8.83 Å². The van der Waals surface area contributed by atoms with Crippen molar-refractivity contribution in [1.29, 1.82) is 0 Å². The molecular weight excluding hydrogens is 641 g/mol. The van der Waals surface area contributed by atoms with Gasteiger partial charge in [-0.2, -0.15) is 0 Å². The first-order valence-electron chi connectivity index (χ1n) is 17.4. The zero-order valence-electron chi connectivity index (χ0n) is 27.7. The normalized spacial score (nSPS) is 14.7. The van der Waals surface area contributed by atoms with Crippen molar-refractivity contribution in [2.45, 2.75) is 6.17 Å². The molecule has 1 N–H and O–H groups in total. The van der Waals surface area contributed by atoms with E-state index in [1.165, 1.54) is 5.39 Å². The molecule has 0 saturated heterocycles. The summed E-state index contributed by atoms with van der Waals surface area (Å²) < 4.78 is 12.6. The number of nitrogens with zero attached hydrogens (tertiary/aromatic N) is 3. The first-order valence-corrected chi connectivity index (χ1v) is 17.4. The van der Waals surface area contributed by atoms with Gasteiger partial charge in [0, 0.05) is 45.1 Å². The van der Waals surface area contributed by atoms with Crippen molar-refractivity contribution in [3.8, 4) is 11.1 Å². The molecule has 0 saturated carbocycles. The number of hydrogen-bond donors (Lipinski definition) is 1. The Morgan fingerprint density at radius 3 is 2.00 bits per heavy atom. The van der Waals surface area contributed by atoms with Crippen LogP contribution >= 0.6 is 0 Å². The third-order valence-electron chi connectivity index (χ3n) is 10.2. The molecule has 6 nitrogen and oxygen atoms in total. The molecule has 3 aromatic heterocycles. The molecule has 6 heteroatoms. The van der Waals surface area contributed by atoms with Crippen LogP contribution in [-0.2, 0) is 0 Å². The molecule has 0 radical (unpaired) electrons. The second-order valence-corrected chi connectivity index (χ2v) is 13.2. The molecule has 1 atom stereocenters. The lowest BCUT2D eigenvalue weighted by Gasteiger charge is -2.24. The van der Waals surface area contributed by atoms with Gasteiger partial charge in [0.15, 0.2) is 6.17 Å². The average Bonchev–Trinajstić information content (AvgIpc) is 3.79. The van der Waals surface area contributed by atoms with Crippen molar-refractivity contribution in [3.63, 3.8) is 0 Å². The van der Waals surface area contributed by atoms with Gasteiger partial charge < -0.3 is 14.2 Å². The van der Waals surface area contributed by atoms with Crippen LogP contribution in [0.5, 0.6) is 0 Å². The number of amidine groups is 2. The number of pyridine rings is 1. The van der Waals surface area contributed by atoms with Gasteiger partial charge in [0.1, 0.15) is 34.0 Å². The summed E-state index contributed by atoms with van der Waals surface area (Å²) in [6.07, 6.45) is 3.13. The number of aromatic nitrogens is 1. The van der Waals surface area contributed by atoms with Gasteiger partial charge in [0.05, 0.1) is 0 Å². The summed E-state index contributed by atoms with van der Waals surface area (Å²) in [6.45, 7) is 0. The fourth-order valence-corrected chi connectivity index (χ4v) is 7.79. The van der Waals surface area contributed by atoms with Crippen molar-refractivity contribution in [2.75, 3.05) is 0 Å². The highest BCUT2D eigenvalue weighted by Crippen LogP contribution is 2.41. The summed E-state index contributed by atoms with van der Waals surface area (Å²) in [5.41, 5.74) is 8.41. The minimum absolute atomic E-state index is 0.531. The van der Waals surface area contributed by atoms with Gasteiger partial charge in [-0.15, -0.1) is 0 Å². The molecule has 0 spiro atoms.